The maximum absolute atomic E-state index is 9.71. The minimum Gasteiger partial charge on any atom is -0.395 e. The SMILES string of the molecule is CCC(CC)(OC)[C@H](CO)N[C@H](C)c1ccccc1. The smallest absolute Gasteiger partial charge is 0.0848 e. The zero-order chi connectivity index (χ0) is 14.3. The summed E-state index contributed by atoms with van der Waals surface area (Å²) in [7, 11) is 1.73. The number of nitrogens with one attached hydrogen (secondary N) is 1. The second kappa shape index (κ2) is 7.63. The van der Waals surface area contributed by atoms with Gasteiger partial charge in [0.05, 0.1) is 18.2 Å². The molecule has 0 radical (unpaired) electrons. The Bertz CT molecular complexity index is 341. The largest absolute Gasteiger partial charge is 0.395 e. The standard InChI is InChI=1S/C16H27NO2/c1-5-16(6-2,19-4)15(12-18)17-13(3)14-10-8-7-9-11-14/h7-11,13,15,17-18H,5-6,12H2,1-4H3/t13-,15+/m1/s1. The molecule has 0 unspecified atom stereocenters. The number of hydrogen-bond acceptors (Lipinski definition) is 3. The number of hydrogen-bond donors (Lipinski definition) is 2. The Morgan fingerprint density at radius 2 is 1.79 bits per heavy atom. The highest BCUT2D eigenvalue weighted by Crippen LogP contribution is 2.26. The minimum atomic E-state index is -0.308. The van der Waals surface area contributed by atoms with Crippen molar-refractivity contribution < 1.29 is 9.84 Å². The van der Waals surface area contributed by atoms with Crippen LogP contribution in [0, 0.1) is 0 Å². The van der Waals surface area contributed by atoms with Gasteiger partial charge in [-0.25, -0.2) is 0 Å². The highest BCUT2D eigenvalue weighted by atomic mass is 16.5. The Labute approximate surface area is 117 Å². The zero-order valence-corrected chi connectivity index (χ0v) is 12.5. The van der Waals surface area contributed by atoms with Crippen molar-refractivity contribution in [3.8, 4) is 0 Å². The summed E-state index contributed by atoms with van der Waals surface area (Å²) in [5, 5.41) is 13.2. The van der Waals surface area contributed by atoms with Crippen LogP contribution in [0.3, 0.4) is 0 Å². The molecule has 1 aromatic carbocycles. The van der Waals surface area contributed by atoms with Gasteiger partial charge in [0.15, 0.2) is 0 Å². The number of ether oxygens (including phenoxy) is 1. The van der Waals surface area contributed by atoms with E-state index < -0.39 is 0 Å². The molecule has 0 aliphatic heterocycles. The van der Waals surface area contributed by atoms with Crippen LogP contribution in [0.15, 0.2) is 30.3 Å². The highest BCUT2D eigenvalue weighted by Gasteiger charge is 2.36. The second-order valence-corrected chi connectivity index (χ2v) is 5.01. The molecule has 0 aliphatic carbocycles. The van der Waals surface area contributed by atoms with Crippen LogP contribution in [-0.2, 0) is 4.74 Å². The third kappa shape index (κ3) is 3.78. The predicted molar refractivity (Wildman–Crippen MR) is 79.2 cm³/mol. The Morgan fingerprint density at radius 1 is 1.21 bits per heavy atom. The van der Waals surface area contributed by atoms with Crippen molar-refractivity contribution in [1.29, 1.82) is 0 Å². The van der Waals surface area contributed by atoms with Gasteiger partial charge >= 0.3 is 0 Å². The maximum atomic E-state index is 9.71. The molecule has 1 rings (SSSR count). The van der Waals surface area contributed by atoms with Crippen LogP contribution in [0.2, 0.25) is 0 Å². The van der Waals surface area contributed by atoms with Gasteiger partial charge in [0, 0.05) is 13.2 Å². The van der Waals surface area contributed by atoms with E-state index in [0.717, 1.165) is 12.8 Å². The van der Waals surface area contributed by atoms with Gasteiger partial charge in [0.2, 0.25) is 0 Å². The normalized spacial score (nSPS) is 15.2. The van der Waals surface area contributed by atoms with Crippen molar-refractivity contribution in [1.82, 2.24) is 5.32 Å². The van der Waals surface area contributed by atoms with E-state index in [-0.39, 0.29) is 24.3 Å². The summed E-state index contributed by atoms with van der Waals surface area (Å²) in [4.78, 5) is 0. The molecule has 0 heterocycles. The number of aliphatic hydroxyl groups is 1. The lowest BCUT2D eigenvalue weighted by molar-refractivity contribution is -0.0626. The van der Waals surface area contributed by atoms with Crippen LogP contribution in [-0.4, -0.2) is 30.5 Å². The number of benzene rings is 1. The Morgan fingerprint density at radius 3 is 2.21 bits per heavy atom. The first-order valence-corrected chi connectivity index (χ1v) is 7.10. The highest BCUT2D eigenvalue weighted by molar-refractivity contribution is 5.18. The molecule has 108 valence electrons. The second-order valence-electron chi connectivity index (χ2n) is 5.01. The van der Waals surface area contributed by atoms with Crippen molar-refractivity contribution in [2.45, 2.75) is 51.3 Å². The molecule has 0 saturated heterocycles. The lowest BCUT2D eigenvalue weighted by Gasteiger charge is -2.39. The van der Waals surface area contributed by atoms with E-state index in [1.54, 1.807) is 7.11 Å². The van der Waals surface area contributed by atoms with Crippen LogP contribution >= 0.6 is 0 Å². The van der Waals surface area contributed by atoms with E-state index in [1.165, 1.54) is 5.56 Å². The minimum absolute atomic E-state index is 0.0669. The molecule has 0 bridgehead atoms. The molecule has 1 aromatic rings. The molecular weight excluding hydrogens is 238 g/mol. The van der Waals surface area contributed by atoms with Crippen LogP contribution < -0.4 is 5.32 Å². The fourth-order valence-corrected chi connectivity index (χ4v) is 2.68. The molecule has 2 N–H and O–H groups in total. The van der Waals surface area contributed by atoms with Crippen molar-refractivity contribution in [3.63, 3.8) is 0 Å². The number of methoxy groups -OCH3 is 1. The molecule has 0 saturated carbocycles. The van der Waals surface area contributed by atoms with Gasteiger partial charge < -0.3 is 15.2 Å². The molecule has 0 amide bonds. The van der Waals surface area contributed by atoms with Gasteiger partial charge in [-0.05, 0) is 25.3 Å². The Kier molecular flexibility index (Phi) is 6.49. The van der Waals surface area contributed by atoms with E-state index in [1.807, 2.05) is 18.2 Å². The molecule has 0 spiro atoms. The lowest BCUT2D eigenvalue weighted by atomic mass is 9.87. The maximum Gasteiger partial charge on any atom is 0.0848 e. The summed E-state index contributed by atoms with van der Waals surface area (Å²) in [6.07, 6.45) is 1.75. The molecular formula is C16H27NO2. The topological polar surface area (TPSA) is 41.5 Å². The van der Waals surface area contributed by atoms with E-state index in [0.29, 0.717) is 0 Å². The molecule has 2 atom stereocenters. The van der Waals surface area contributed by atoms with E-state index in [2.05, 4.69) is 38.2 Å². The fourth-order valence-electron chi connectivity index (χ4n) is 2.68. The first kappa shape index (κ1) is 16.2. The lowest BCUT2D eigenvalue weighted by Crippen LogP contribution is -2.54. The summed E-state index contributed by atoms with van der Waals surface area (Å²) in [5.41, 5.74) is 0.913. The van der Waals surface area contributed by atoms with E-state index in [9.17, 15) is 5.11 Å². The van der Waals surface area contributed by atoms with Gasteiger partial charge in [-0.1, -0.05) is 44.2 Å². The molecule has 3 heteroatoms. The van der Waals surface area contributed by atoms with E-state index in [4.69, 9.17) is 4.74 Å². The molecule has 0 aromatic heterocycles. The number of aliphatic hydroxyl groups excluding tert-OH is 1. The Hall–Kier alpha value is -0.900. The van der Waals surface area contributed by atoms with Gasteiger partial charge in [-0.2, -0.15) is 0 Å². The Balaban J connectivity index is 2.81. The van der Waals surface area contributed by atoms with Crippen molar-refractivity contribution >= 4 is 0 Å². The first-order chi connectivity index (χ1) is 9.13. The van der Waals surface area contributed by atoms with Gasteiger partial charge in [0.25, 0.3) is 0 Å². The monoisotopic (exact) mass is 265 g/mol. The van der Waals surface area contributed by atoms with Crippen LogP contribution in [0.25, 0.3) is 0 Å². The van der Waals surface area contributed by atoms with Crippen molar-refractivity contribution in [3.05, 3.63) is 35.9 Å². The molecule has 3 nitrogen and oxygen atoms in total. The van der Waals surface area contributed by atoms with Gasteiger partial charge in [-0.3, -0.25) is 0 Å². The summed E-state index contributed by atoms with van der Waals surface area (Å²) in [6, 6.07) is 10.4. The summed E-state index contributed by atoms with van der Waals surface area (Å²) >= 11 is 0. The zero-order valence-electron chi connectivity index (χ0n) is 12.5. The third-order valence-corrected chi connectivity index (χ3v) is 4.17. The van der Waals surface area contributed by atoms with Gasteiger partial charge in [0.1, 0.15) is 0 Å². The summed E-state index contributed by atoms with van der Waals surface area (Å²) in [6.45, 7) is 6.39. The first-order valence-electron chi connectivity index (χ1n) is 7.10. The molecule has 19 heavy (non-hydrogen) atoms. The summed E-state index contributed by atoms with van der Waals surface area (Å²) in [5.74, 6) is 0. The average molecular weight is 265 g/mol. The predicted octanol–water partition coefficient (Wildman–Crippen LogP) is 2.90. The summed E-state index contributed by atoms with van der Waals surface area (Å²) < 4.78 is 5.70. The van der Waals surface area contributed by atoms with Crippen molar-refractivity contribution in [2.24, 2.45) is 0 Å². The van der Waals surface area contributed by atoms with Crippen molar-refractivity contribution in [2.75, 3.05) is 13.7 Å². The van der Waals surface area contributed by atoms with E-state index >= 15 is 0 Å². The molecule has 0 fully saturated rings. The number of rotatable bonds is 8. The average Bonchev–Trinajstić information content (AvgIpc) is 2.49. The molecule has 0 aliphatic rings. The van der Waals surface area contributed by atoms with Crippen LogP contribution in [0.5, 0.6) is 0 Å². The third-order valence-electron chi connectivity index (χ3n) is 4.17. The van der Waals surface area contributed by atoms with Crippen LogP contribution in [0.1, 0.15) is 45.2 Å². The quantitative estimate of drug-likeness (QED) is 0.759. The fraction of sp³-hybridized carbons (Fsp3) is 0.625. The van der Waals surface area contributed by atoms with Gasteiger partial charge in [-0.15, -0.1) is 0 Å². The van der Waals surface area contributed by atoms with Crippen LogP contribution in [0.4, 0.5) is 0 Å².